The van der Waals surface area contributed by atoms with Crippen molar-refractivity contribution >= 4 is 0 Å². The van der Waals surface area contributed by atoms with Crippen molar-refractivity contribution in [3.63, 3.8) is 0 Å². The first-order valence-electron chi connectivity index (χ1n) is 4.34. The Bertz CT molecular complexity index is 243. The predicted molar refractivity (Wildman–Crippen MR) is 51.3 cm³/mol. The monoisotopic (exact) mass is 164 g/mol. The Labute approximate surface area is 74.1 Å². The summed E-state index contributed by atoms with van der Waals surface area (Å²) < 4.78 is 0. The molecule has 66 valence electrons. The van der Waals surface area contributed by atoms with E-state index < -0.39 is 0 Å². The highest BCUT2D eigenvalue weighted by molar-refractivity contribution is 5.33. The van der Waals surface area contributed by atoms with Crippen LogP contribution in [0.2, 0.25) is 0 Å². The van der Waals surface area contributed by atoms with Crippen molar-refractivity contribution in [2.75, 3.05) is 0 Å². The lowest BCUT2D eigenvalue weighted by Crippen LogP contribution is -2.07. The van der Waals surface area contributed by atoms with Crippen molar-refractivity contribution in [3.05, 3.63) is 34.9 Å². The molecule has 1 aromatic rings. The van der Waals surface area contributed by atoms with Crippen LogP contribution in [-0.4, -0.2) is 11.2 Å². The highest BCUT2D eigenvalue weighted by Gasteiger charge is 2.04. The zero-order valence-corrected chi connectivity index (χ0v) is 7.96. The van der Waals surface area contributed by atoms with Crippen LogP contribution in [0.1, 0.15) is 23.6 Å². The maximum atomic E-state index is 9.25. The Morgan fingerprint density at radius 1 is 1.25 bits per heavy atom. The first-order valence-corrected chi connectivity index (χ1v) is 4.34. The van der Waals surface area contributed by atoms with Gasteiger partial charge in [0.15, 0.2) is 0 Å². The molecule has 0 spiro atoms. The maximum Gasteiger partial charge on any atom is 0.0552 e. The topological polar surface area (TPSA) is 20.2 Å². The number of aryl methyl sites for hydroxylation is 2. The minimum Gasteiger partial charge on any atom is -0.393 e. The molecular formula is C11H16O. The number of benzene rings is 1. The number of aliphatic hydroxyl groups excluding tert-OH is 1. The molecule has 0 aromatic heterocycles. The third kappa shape index (κ3) is 2.08. The largest absolute Gasteiger partial charge is 0.393 e. The van der Waals surface area contributed by atoms with Crippen LogP contribution in [0.3, 0.4) is 0 Å². The molecule has 0 saturated heterocycles. The third-order valence-electron chi connectivity index (χ3n) is 2.14. The van der Waals surface area contributed by atoms with Gasteiger partial charge in [0.1, 0.15) is 0 Å². The number of hydrogen-bond acceptors (Lipinski definition) is 1. The van der Waals surface area contributed by atoms with Gasteiger partial charge in [0.05, 0.1) is 6.10 Å². The summed E-state index contributed by atoms with van der Waals surface area (Å²) in [4.78, 5) is 0. The number of rotatable bonds is 2. The van der Waals surface area contributed by atoms with Gasteiger partial charge < -0.3 is 5.11 Å². The highest BCUT2D eigenvalue weighted by Crippen LogP contribution is 2.14. The van der Waals surface area contributed by atoms with Crippen LogP contribution in [0.4, 0.5) is 0 Å². The van der Waals surface area contributed by atoms with Crippen molar-refractivity contribution in [2.45, 2.75) is 33.3 Å². The Kier molecular flexibility index (Phi) is 2.88. The summed E-state index contributed by atoms with van der Waals surface area (Å²) in [5, 5.41) is 9.25. The summed E-state index contributed by atoms with van der Waals surface area (Å²) in [5.41, 5.74) is 3.83. The summed E-state index contributed by atoms with van der Waals surface area (Å²) in [6.07, 6.45) is 0.517. The van der Waals surface area contributed by atoms with Crippen LogP contribution in [0.25, 0.3) is 0 Å². The van der Waals surface area contributed by atoms with E-state index in [2.05, 4.69) is 32.0 Å². The molecule has 0 aliphatic rings. The first-order chi connectivity index (χ1) is 5.61. The van der Waals surface area contributed by atoms with Crippen LogP contribution < -0.4 is 0 Å². The second kappa shape index (κ2) is 3.72. The molecule has 1 atom stereocenters. The summed E-state index contributed by atoms with van der Waals surface area (Å²) in [6, 6.07) is 6.23. The van der Waals surface area contributed by atoms with E-state index >= 15 is 0 Å². The van der Waals surface area contributed by atoms with E-state index in [1.807, 2.05) is 6.92 Å². The van der Waals surface area contributed by atoms with Crippen molar-refractivity contribution in [2.24, 2.45) is 0 Å². The zero-order valence-electron chi connectivity index (χ0n) is 7.96. The van der Waals surface area contributed by atoms with E-state index in [-0.39, 0.29) is 6.10 Å². The van der Waals surface area contributed by atoms with Gasteiger partial charge >= 0.3 is 0 Å². The molecule has 0 aliphatic carbocycles. The molecule has 0 heterocycles. The van der Waals surface area contributed by atoms with Gasteiger partial charge in [-0.1, -0.05) is 18.2 Å². The fourth-order valence-corrected chi connectivity index (χ4v) is 1.47. The molecular weight excluding hydrogens is 148 g/mol. The van der Waals surface area contributed by atoms with Gasteiger partial charge in [0, 0.05) is 0 Å². The quantitative estimate of drug-likeness (QED) is 0.710. The van der Waals surface area contributed by atoms with Crippen molar-refractivity contribution in [3.8, 4) is 0 Å². The SMILES string of the molecule is Cc1cccc(C)c1CC(C)O. The third-order valence-corrected chi connectivity index (χ3v) is 2.14. The van der Waals surface area contributed by atoms with E-state index in [1.54, 1.807) is 0 Å². The van der Waals surface area contributed by atoms with Crippen LogP contribution in [-0.2, 0) is 6.42 Å². The Morgan fingerprint density at radius 2 is 1.75 bits per heavy atom. The maximum absolute atomic E-state index is 9.25. The molecule has 1 heteroatoms. The van der Waals surface area contributed by atoms with Crippen LogP contribution in [0, 0.1) is 13.8 Å². The zero-order chi connectivity index (χ0) is 9.14. The summed E-state index contributed by atoms with van der Waals surface area (Å²) in [6.45, 7) is 6.00. The van der Waals surface area contributed by atoms with E-state index in [4.69, 9.17) is 0 Å². The van der Waals surface area contributed by atoms with Crippen LogP contribution in [0.15, 0.2) is 18.2 Å². The minimum atomic E-state index is -0.246. The smallest absolute Gasteiger partial charge is 0.0552 e. The van der Waals surface area contributed by atoms with Crippen molar-refractivity contribution < 1.29 is 5.11 Å². The molecule has 1 unspecified atom stereocenters. The lowest BCUT2D eigenvalue weighted by molar-refractivity contribution is 0.195. The van der Waals surface area contributed by atoms with Crippen LogP contribution in [0.5, 0.6) is 0 Å². The molecule has 1 aromatic carbocycles. The lowest BCUT2D eigenvalue weighted by atomic mass is 9.98. The molecule has 1 nitrogen and oxygen atoms in total. The van der Waals surface area contributed by atoms with Gasteiger partial charge in [0.2, 0.25) is 0 Å². The minimum absolute atomic E-state index is 0.246. The summed E-state index contributed by atoms with van der Waals surface area (Å²) in [5.74, 6) is 0. The second-order valence-electron chi connectivity index (χ2n) is 3.42. The van der Waals surface area contributed by atoms with E-state index in [9.17, 15) is 5.11 Å². The molecule has 1 N–H and O–H groups in total. The molecule has 0 fully saturated rings. The predicted octanol–water partition coefficient (Wildman–Crippen LogP) is 2.23. The lowest BCUT2D eigenvalue weighted by Gasteiger charge is -2.10. The molecule has 0 bridgehead atoms. The Morgan fingerprint density at radius 3 is 2.17 bits per heavy atom. The molecule has 0 aliphatic heterocycles. The molecule has 12 heavy (non-hydrogen) atoms. The first kappa shape index (κ1) is 9.27. The van der Waals surface area contributed by atoms with Gasteiger partial charge in [0.25, 0.3) is 0 Å². The van der Waals surface area contributed by atoms with Gasteiger partial charge in [-0.15, -0.1) is 0 Å². The normalized spacial score (nSPS) is 13.0. The van der Waals surface area contributed by atoms with E-state index in [1.165, 1.54) is 16.7 Å². The van der Waals surface area contributed by atoms with Gasteiger partial charge in [-0.3, -0.25) is 0 Å². The molecule has 0 amide bonds. The van der Waals surface area contributed by atoms with E-state index in [0.717, 1.165) is 6.42 Å². The molecule has 1 rings (SSSR count). The van der Waals surface area contributed by atoms with E-state index in [0.29, 0.717) is 0 Å². The fraction of sp³-hybridized carbons (Fsp3) is 0.455. The van der Waals surface area contributed by atoms with Gasteiger partial charge in [-0.05, 0) is 43.9 Å². The summed E-state index contributed by atoms with van der Waals surface area (Å²) >= 11 is 0. The van der Waals surface area contributed by atoms with Gasteiger partial charge in [-0.25, -0.2) is 0 Å². The standard InChI is InChI=1S/C11H16O/c1-8-5-4-6-9(2)11(8)7-10(3)12/h4-6,10,12H,7H2,1-3H3. The van der Waals surface area contributed by atoms with Crippen molar-refractivity contribution in [1.29, 1.82) is 0 Å². The Hall–Kier alpha value is -0.820. The average Bonchev–Trinajstić information content (AvgIpc) is 1.97. The highest BCUT2D eigenvalue weighted by atomic mass is 16.3. The van der Waals surface area contributed by atoms with Gasteiger partial charge in [-0.2, -0.15) is 0 Å². The average molecular weight is 164 g/mol. The number of aliphatic hydroxyl groups is 1. The second-order valence-corrected chi connectivity index (χ2v) is 3.42. The summed E-state index contributed by atoms with van der Waals surface area (Å²) in [7, 11) is 0. The molecule has 0 radical (unpaired) electrons. The number of hydrogen-bond donors (Lipinski definition) is 1. The van der Waals surface area contributed by atoms with Crippen molar-refractivity contribution in [1.82, 2.24) is 0 Å². The van der Waals surface area contributed by atoms with Crippen LogP contribution >= 0.6 is 0 Å². The fourth-order valence-electron chi connectivity index (χ4n) is 1.47. The molecule has 0 saturated carbocycles. The Balaban J connectivity index is 2.96.